The van der Waals surface area contributed by atoms with Crippen LogP contribution in [-0.2, 0) is 16.5 Å². The van der Waals surface area contributed by atoms with Crippen LogP contribution in [-0.4, -0.2) is 23.7 Å². The van der Waals surface area contributed by atoms with Gasteiger partial charge in [-0.05, 0) is 24.1 Å². The third kappa shape index (κ3) is 3.65. The van der Waals surface area contributed by atoms with E-state index in [0.29, 0.717) is 6.42 Å². The van der Waals surface area contributed by atoms with Crippen molar-refractivity contribution in [1.29, 1.82) is 0 Å². The van der Waals surface area contributed by atoms with Crippen molar-refractivity contribution in [2.45, 2.75) is 6.42 Å². The average molecular weight is 263 g/mol. The zero-order chi connectivity index (χ0) is 13.0. The van der Waals surface area contributed by atoms with Crippen molar-refractivity contribution in [3.05, 3.63) is 54.2 Å². The van der Waals surface area contributed by atoms with E-state index in [0.717, 1.165) is 16.8 Å². The molecule has 18 heavy (non-hydrogen) atoms. The lowest BCUT2D eigenvalue weighted by molar-refractivity contribution is 0.482. The Hall–Kier alpha value is -1.72. The Bertz CT molecular complexity index is 606. The Kier molecular flexibility index (Phi) is 3.74. The van der Waals surface area contributed by atoms with Gasteiger partial charge < -0.3 is 0 Å². The maximum absolute atomic E-state index is 10.6. The maximum Gasteiger partial charge on any atom is 0.265 e. The standard InChI is InChI=1S/C13H13NO3S/c15-18(16,17)10-8-11-4-6-12(7-5-11)13-3-1-2-9-14-13/h1-7,9H,8,10H2,(H,15,16,17). The summed E-state index contributed by atoms with van der Waals surface area (Å²) >= 11 is 0. The van der Waals surface area contributed by atoms with E-state index >= 15 is 0 Å². The SMILES string of the molecule is O=S(=O)(O)CCc1ccc(-c2ccccn2)cc1. The minimum Gasteiger partial charge on any atom is -0.286 e. The first-order chi connectivity index (χ1) is 8.54. The molecule has 0 atom stereocenters. The van der Waals surface area contributed by atoms with Crippen LogP contribution in [0.15, 0.2) is 48.7 Å². The molecule has 94 valence electrons. The Balaban J connectivity index is 2.11. The molecule has 1 aromatic heterocycles. The topological polar surface area (TPSA) is 67.3 Å². The Morgan fingerprint density at radius 1 is 1.06 bits per heavy atom. The van der Waals surface area contributed by atoms with E-state index in [1.165, 1.54) is 0 Å². The number of aromatic nitrogens is 1. The van der Waals surface area contributed by atoms with Crippen LogP contribution in [0.4, 0.5) is 0 Å². The van der Waals surface area contributed by atoms with Crippen LogP contribution in [0.25, 0.3) is 11.3 Å². The van der Waals surface area contributed by atoms with Gasteiger partial charge in [0.1, 0.15) is 0 Å². The van der Waals surface area contributed by atoms with E-state index in [2.05, 4.69) is 4.98 Å². The Labute approximate surface area is 106 Å². The first-order valence-electron chi connectivity index (χ1n) is 5.50. The van der Waals surface area contributed by atoms with Crippen molar-refractivity contribution in [2.75, 3.05) is 5.75 Å². The third-order valence-corrected chi connectivity index (χ3v) is 3.28. The fourth-order valence-electron chi connectivity index (χ4n) is 1.62. The summed E-state index contributed by atoms with van der Waals surface area (Å²) in [6, 6.07) is 13.1. The smallest absolute Gasteiger partial charge is 0.265 e. The van der Waals surface area contributed by atoms with E-state index in [4.69, 9.17) is 4.55 Å². The molecule has 5 heteroatoms. The number of benzene rings is 1. The summed E-state index contributed by atoms with van der Waals surface area (Å²) in [6.45, 7) is 0. The third-order valence-electron chi connectivity index (χ3n) is 2.56. The second kappa shape index (κ2) is 5.29. The van der Waals surface area contributed by atoms with Gasteiger partial charge in [-0.15, -0.1) is 0 Å². The van der Waals surface area contributed by atoms with Gasteiger partial charge in [-0.25, -0.2) is 0 Å². The highest BCUT2D eigenvalue weighted by atomic mass is 32.2. The lowest BCUT2D eigenvalue weighted by atomic mass is 10.1. The largest absolute Gasteiger partial charge is 0.286 e. The molecule has 2 aromatic rings. The van der Waals surface area contributed by atoms with E-state index in [-0.39, 0.29) is 5.75 Å². The van der Waals surface area contributed by atoms with Crippen molar-refractivity contribution in [1.82, 2.24) is 4.98 Å². The molecule has 1 aromatic carbocycles. The van der Waals surface area contributed by atoms with Gasteiger partial charge in [-0.1, -0.05) is 30.3 Å². The van der Waals surface area contributed by atoms with Gasteiger partial charge in [-0.3, -0.25) is 9.54 Å². The van der Waals surface area contributed by atoms with Gasteiger partial charge in [0.15, 0.2) is 0 Å². The molecule has 0 unspecified atom stereocenters. The number of aryl methyl sites for hydroxylation is 1. The normalized spacial score (nSPS) is 11.4. The molecule has 0 radical (unpaired) electrons. The highest BCUT2D eigenvalue weighted by molar-refractivity contribution is 7.85. The molecule has 1 N–H and O–H groups in total. The number of nitrogens with zero attached hydrogens (tertiary/aromatic N) is 1. The van der Waals surface area contributed by atoms with Crippen LogP contribution in [0, 0.1) is 0 Å². The molecule has 0 aliphatic carbocycles. The van der Waals surface area contributed by atoms with E-state index in [1.54, 1.807) is 6.20 Å². The minimum absolute atomic E-state index is 0.254. The van der Waals surface area contributed by atoms with E-state index in [1.807, 2.05) is 42.5 Å². The molecule has 0 fully saturated rings. The summed E-state index contributed by atoms with van der Waals surface area (Å²) in [5.41, 5.74) is 2.72. The van der Waals surface area contributed by atoms with Crippen molar-refractivity contribution in [3.8, 4) is 11.3 Å². The molecule has 0 bridgehead atoms. The van der Waals surface area contributed by atoms with Crippen LogP contribution < -0.4 is 0 Å². The predicted molar refractivity (Wildman–Crippen MR) is 69.8 cm³/mol. The molecule has 4 nitrogen and oxygen atoms in total. The Morgan fingerprint density at radius 3 is 2.33 bits per heavy atom. The second-order valence-electron chi connectivity index (χ2n) is 3.95. The van der Waals surface area contributed by atoms with Crippen LogP contribution in [0.3, 0.4) is 0 Å². The zero-order valence-corrected chi connectivity index (χ0v) is 10.5. The van der Waals surface area contributed by atoms with Crippen molar-refractivity contribution < 1.29 is 13.0 Å². The van der Waals surface area contributed by atoms with Crippen LogP contribution in [0.1, 0.15) is 5.56 Å². The summed E-state index contributed by atoms with van der Waals surface area (Å²) in [5.74, 6) is -0.254. The molecule has 0 aliphatic rings. The molecule has 0 saturated carbocycles. The molecule has 0 aliphatic heterocycles. The first-order valence-corrected chi connectivity index (χ1v) is 7.11. The van der Waals surface area contributed by atoms with Gasteiger partial charge >= 0.3 is 0 Å². The lowest BCUT2D eigenvalue weighted by Crippen LogP contribution is -2.06. The number of rotatable bonds is 4. The molecule has 0 saturated heterocycles. The van der Waals surface area contributed by atoms with Crippen LogP contribution in [0.5, 0.6) is 0 Å². The highest BCUT2D eigenvalue weighted by Gasteiger charge is 2.05. The van der Waals surface area contributed by atoms with E-state index < -0.39 is 10.1 Å². The fraction of sp³-hybridized carbons (Fsp3) is 0.154. The monoisotopic (exact) mass is 263 g/mol. The summed E-state index contributed by atoms with van der Waals surface area (Å²) in [5, 5.41) is 0. The average Bonchev–Trinajstić information content (AvgIpc) is 2.37. The van der Waals surface area contributed by atoms with Crippen molar-refractivity contribution in [3.63, 3.8) is 0 Å². The number of hydrogen-bond acceptors (Lipinski definition) is 3. The summed E-state index contributed by atoms with van der Waals surface area (Å²) in [4.78, 5) is 4.23. The quantitative estimate of drug-likeness (QED) is 0.858. The number of pyridine rings is 1. The Morgan fingerprint density at radius 2 is 1.78 bits per heavy atom. The van der Waals surface area contributed by atoms with Crippen molar-refractivity contribution >= 4 is 10.1 Å². The van der Waals surface area contributed by atoms with Gasteiger partial charge in [-0.2, -0.15) is 8.42 Å². The predicted octanol–water partition coefficient (Wildman–Crippen LogP) is 2.18. The van der Waals surface area contributed by atoms with E-state index in [9.17, 15) is 8.42 Å². The maximum atomic E-state index is 10.6. The molecule has 0 amide bonds. The van der Waals surface area contributed by atoms with Gasteiger partial charge in [0, 0.05) is 11.8 Å². The molecule has 0 spiro atoms. The van der Waals surface area contributed by atoms with Crippen LogP contribution >= 0.6 is 0 Å². The summed E-state index contributed by atoms with van der Waals surface area (Å²) in [6.07, 6.45) is 2.03. The molecule has 1 heterocycles. The van der Waals surface area contributed by atoms with Crippen molar-refractivity contribution in [2.24, 2.45) is 0 Å². The summed E-state index contributed by atoms with van der Waals surface area (Å²) in [7, 11) is -3.90. The van der Waals surface area contributed by atoms with Crippen LogP contribution in [0.2, 0.25) is 0 Å². The zero-order valence-electron chi connectivity index (χ0n) is 9.65. The molecule has 2 rings (SSSR count). The van der Waals surface area contributed by atoms with Gasteiger partial charge in [0.05, 0.1) is 11.4 Å². The minimum atomic E-state index is -3.90. The molecular formula is C13H13NO3S. The van der Waals surface area contributed by atoms with Gasteiger partial charge in [0.25, 0.3) is 10.1 Å². The van der Waals surface area contributed by atoms with Gasteiger partial charge in [0.2, 0.25) is 0 Å². The molecular weight excluding hydrogens is 250 g/mol. The summed E-state index contributed by atoms with van der Waals surface area (Å²) < 4.78 is 30.0. The number of hydrogen-bond donors (Lipinski definition) is 1. The second-order valence-corrected chi connectivity index (χ2v) is 5.52. The fourth-order valence-corrected chi connectivity index (χ4v) is 2.12. The highest BCUT2D eigenvalue weighted by Crippen LogP contribution is 2.17. The first kappa shape index (κ1) is 12.7. The lowest BCUT2D eigenvalue weighted by Gasteiger charge is -2.03.